The number of H-pyrrole nitrogens is 1. The van der Waals surface area contributed by atoms with Gasteiger partial charge in [0, 0.05) is 18.1 Å². The van der Waals surface area contributed by atoms with E-state index < -0.39 is 0 Å². The second-order valence-electron chi connectivity index (χ2n) is 5.28. The van der Waals surface area contributed by atoms with Crippen molar-refractivity contribution in [3.63, 3.8) is 0 Å². The van der Waals surface area contributed by atoms with Crippen molar-refractivity contribution in [1.82, 2.24) is 20.5 Å². The van der Waals surface area contributed by atoms with E-state index in [-0.39, 0.29) is 12.3 Å². The zero-order chi connectivity index (χ0) is 16.8. The average Bonchev–Trinajstić information content (AvgIpc) is 3.24. The predicted octanol–water partition coefficient (Wildman–Crippen LogP) is 2.54. The summed E-state index contributed by atoms with van der Waals surface area (Å²) in [6.45, 7) is 0.858. The second kappa shape index (κ2) is 7.85. The van der Waals surface area contributed by atoms with E-state index in [2.05, 4.69) is 20.5 Å². The molecular weight excluding hydrogens is 324 g/mol. The van der Waals surface area contributed by atoms with E-state index >= 15 is 0 Å². The largest absolute Gasteiger partial charge is 0.378 e. The molecule has 0 saturated heterocycles. The number of hydrogen-bond donors (Lipinski definition) is 2. The number of amides is 1. The van der Waals surface area contributed by atoms with Crippen LogP contribution in [0.15, 0.2) is 41.8 Å². The first-order chi connectivity index (χ1) is 11.7. The number of nitrogens with zero attached hydrogens (tertiary/aromatic N) is 2. The Kier molecular flexibility index (Phi) is 5.35. The first-order valence-corrected chi connectivity index (χ1v) is 8.41. The number of ether oxygens (including phenoxy) is 1. The van der Waals surface area contributed by atoms with Gasteiger partial charge in [0.05, 0.1) is 36.7 Å². The van der Waals surface area contributed by atoms with Gasteiger partial charge in [-0.05, 0) is 6.07 Å². The maximum Gasteiger partial charge on any atom is 0.226 e. The van der Waals surface area contributed by atoms with Crippen LogP contribution in [0.5, 0.6) is 0 Å². The lowest BCUT2D eigenvalue weighted by atomic mass is 10.2. The van der Waals surface area contributed by atoms with Gasteiger partial charge in [-0.15, -0.1) is 11.3 Å². The van der Waals surface area contributed by atoms with E-state index in [4.69, 9.17) is 4.74 Å². The predicted molar refractivity (Wildman–Crippen MR) is 92.4 cm³/mol. The summed E-state index contributed by atoms with van der Waals surface area (Å²) in [6.07, 6.45) is 0.266. The Hall–Kier alpha value is -2.51. The van der Waals surface area contributed by atoms with Gasteiger partial charge in [0.25, 0.3) is 0 Å². The van der Waals surface area contributed by atoms with Gasteiger partial charge < -0.3 is 10.1 Å². The number of carbonyl (C=O) groups excluding carboxylic acids is 1. The molecule has 3 aromatic rings. The quantitative estimate of drug-likeness (QED) is 0.691. The normalized spacial score (nSPS) is 10.7. The van der Waals surface area contributed by atoms with Crippen molar-refractivity contribution in [1.29, 1.82) is 0 Å². The molecule has 0 unspecified atom stereocenters. The third-order valence-corrected chi connectivity index (χ3v) is 4.31. The number of thiazole rings is 1. The Balaban J connectivity index is 1.52. The molecule has 0 aliphatic heterocycles. The fourth-order valence-corrected chi connectivity index (χ4v) is 3.07. The standard InChI is InChI=1S/C17H18N4O2S/c1-23-10-14-7-13(20-21-14)9-18-16(22)8-15-11-24-17(19-15)12-5-3-2-4-6-12/h2-7,11H,8-10H2,1H3,(H,18,22)(H,20,21). The van der Waals surface area contributed by atoms with Crippen LogP contribution in [0, 0.1) is 0 Å². The highest BCUT2D eigenvalue weighted by Crippen LogP contribution is 2.23. The first kappa shape index (κ1) is 16.4. The number of carbonyl (C=O) groups is 1. The van der Waals surface area contributed by atoms with E-state index in [1.54, 1.807) is 18.4 Å². The highest BCUT2D eigenvalue weighted by molar-refractivity contribution is 7.13. The monoisotopic (exact) mass is 342 g/mol. The summed E-state index contributed by atoms with van der Waals surface area (Å²) in [7, 11) is 1.62. The van der Waals surface area contributed by atoms with Gasteiger partial charge in [-0.1, -0.05) is 30.3 Å². The van der Waals surface area contributed by atoms with Crippen LogP contribution in [0.1, 0.15) is 17.1 Å². The number of aromatic nitrogens is 3. The molecule has 124 valence electrons. The molecule has 0 atom stereocenters. The van der Waals surface area contributed by atoms with Crippen LogP contribution in [-0.4, -0.2) is 28.2 Å². The molecular formula is C17H18N4O2S. The molecule has 24 heavy (non-hydrogen) atoms. The van der Waals surface area contributed by atoms with E-state index in [1.807, 2.05) is 41.8 Å². The van der Waals surface area contributed by atoms with Crippen molar-refractivity contribution in [3.05, 3.63) is 58.9 Å². The molecule has 6 nitrogen and oxygen atoms in total. The number of hydrogen-bond acceptors (Lipinski definition) is 5. The SMILES string of the molecule is COCc1cc(CNC(=O)Cc2csc(-c3ccccc3)n2)[nH]n1. The van der Waals surface area contributed by atoms with Gasteiger partial charge in [-0.2, -0.15) is 5.10 Å². The van der Waals surface area contributed by atoms with Crippen LogP contribution in [0.25, 0.3) is 10.6 Å². The fraction of sp³-hybridized carbons (Fsp3) is 0.235. The second-order valence-corrected chi connectivity index (χ2v) is 6.14. The first-order valence-electron chi connectivity index (χ1n) is 7.53. The lowest BCUT2D eigenvalue weighted by Crippen LogP contribution is -2.24. The fourth-order valence-electron chi connectivity index (χ4n) is 2.24. The number of rotatable bonds is 7. The Morgan fingerprint density at radius 1 is 1.29 bits per heavy atom. The molecule has 2 heterocycles. The molecule has 0 aliphatic rings. The summed E-state index contributed by atoms with van der Waals surface area (Å²) in [5.41, 5.74) is 3.51. The molecule has 1 amide bonds. The van der Waals surface area contributed by atoms with Crippen molar-refractivity contribution in [2.45, 2.75) is 19.6 Å². The molecule has 7 heteroatoms. The Morgan fingerprint density at radius 2 is 2.12 bits per heavy atom. The third-order valence-electron chi connectivity index (χ3n) is 3.37. The molecule has 0 saturated carbocycles. The summed E-state index contributed by atoms with van der Waals surface area (Å²) in [4.78, 5) is 16.6. The van der Waals surface area contributed by atoms with Crippen molar-refractivity contribution >= 4 is 17.2 Å². The summed E-state index contributed by atoms with van der Waals surface area (Å²) >= 11 is 1.55. The zero-order valence-electron chi connectivity index (χ0n) is 13.3. The van der Waals surface area contributed by atoms with Crippen LogP contribution in [0.3, 0.4) is 0 Å². The van der Waals surface area contributed by atoms with E-state index in [0.29, 0.717) is 13.2 Å². The summed E-state index contributed by atoms with van der Waals surface area (Å²) in [6, 6.07) is 11.8. The van der Waals surface area contributed by atoms with E-state index in [1.165, 1.54) is 0 Å². The number of benzene rings is 1. The molecule has 0 spiro atoms. The van der Waals surface area contributed by atoms with Crippen LogP contribution < -0.4 is 5.32 Å². The van der Waals surface area contributed by atoms with Gasteiger partial charge in [-0.3, -0.25) is 9.89 Å². The van der Waals surface area contributed by atoms with Gasteiger partial charge in [0.15, 0.2) is 0 Å². The minimum absolute atomic E-state index is 0.0668. The van der Waals surface area contributed by atoms with Crippen molar-refractivity contribution < 1.29 is 9.53 Å². The van der Waals surface area contributed by atoms with Gasteiger partial charge in [0.1, 0.15) is 5.01 Å². The lowest BCUT2D eigenvalue weighted by Gasteiger charge is -2.01. The van der Waals surface area contributed by atoms with Crippen LogP contribution in [0.4, 0.5) is 0 Å². The highest BCUT2D eigenvalue weighted by atomic mass is 32.1. The molecule has 0 fully saturated rings. The molecule has 2 N–H and O–H groups in total. The molecule has 1 aromatic carbocycles. The number of aromatic amines is 1. The smallest absolute Gasteiger partial charge is 0.226 e. The van der Waals surface area contributed by atoms with Crippen LogP contribution in [-0.2, 0) is 29.1 Å². The summed E-state index contributed by atoms with van der Waals surface area (Å²) in [5.74, 6) is -0.0668. The Morgan fingerprint density at radius 3 is 2.92 bits per heavy atom. The van der Waals surface area contributed by atoms with Crippen LogP contribution >= 0.6 is 11.3 Å². The van der Waals surface area contributed by atoms with Crippen molar-refractivity contribution in [2.24, 2.45) is 0 Å². The molecule has 2 aromatic heterocycles. The van der Waals surface area contributed by atoms with E-state index in [0.717, 1.165) is 27.7 Å². The van der Waals surface area contributed by atoms with Crippen LogP contribution in [0.2, 0.25) is 0 Å². The number of methoxy groups -OCH3 is 1. The number of nitrogens with one attached hydrogen (secondary N) is 2. The topological polar surface area (TPSA) is 79.9 Å². The van der Waals surface area contributed by atoms with Gasteiger partial charge in [0.2, 0.25) is 5.91 Å². The summed E-state index contributed by atoms with van der Waals surface area (Å²) in [5, 5.41) is 12.7. The van der Waals surface area contributed by atoms with Crippen molar-refractivity contribution in [3.8, 4) is 10.6 Å². The molecule has 3 rings (SSSR count). The van der Waals surface area contributed by atoms with E-state index in [9.17, 15) is 4.79 Å². The molecule has 0 aliphatic carbocycles. The maximum absolute atomic E-state index is 12.1. The molecule has 0 bridgehead atoms. The minimum Gasteiger partial charge on any atom is -0.378 e. The third kappa shape index (κ3) is 4.27. The lowest BCUT2D eigenvalue weighted by molar-refractivity contribution is -0.120. The zero-order valence-corrected chi connectivity index (χ0v) is 14.1. The van der Waals surface area contributed by atoms with Gasteiger partial charge >= 0.3 is 0 Å². The summed E-state index contributed by atoms with van der Waals surface area (Å²) < 4.78 is 5.01. The average molecular weight is 342 g/mol. The maximum atomic E-state index is 12.1. The Bertz CT molecular complexity index is 798. The highest BCUT2D eigenvalue weighted by Gasteiger charge is 2.09. The minimum atomic E-state index is -0.0668. The van der Waals surface area contributed by atoms with Gasteiger partial charge in [-0.25, -0.2) is 4.98 Å². The Labute approximate surface area is 143 Å². The molecule has 0 radical (unpaired) electrons. The van der Waals surface area contributed by atoms with Crippen molar-refractivity contribution in [2.75, 3.05) is 7.11 Å².